The fourth-order valence-electron chi connectivity index (χ4n) is 3.41. The Morgan fingerprint density at radius 3 is 1.13 bits per heavy atom. The Kier molecular flexibility index (Phi) is 20.0. The van der Waals surface area contributed by atoms with E-state index in [-0.39, 0.29) is 6.10 Å². The van der Waals surface area contributed by atoms with E-state index in [0.29, 0.717) is 0 Å². The van der Waals surface area contributed by atoms with Gasteiger partial charge in [0.15, 0.2) is 0 Å². The van der Waals surface area contributed by atoms with E-state index in [1.807, 2.05) is 0 Å². The van der Waals surface area contributed by atoms with Gasteiger partial charge in [0.1, 0.15) is 0 Å². The molecule has 23 heavy (non-hydrogen) atoms. The van der Waals surface area contributed by atoms with Crippen LogP contribution in [0.4, 0.5) is 0 Å². The van der Waals surface area contributed by atoms with Crippen molar-refractivity contribution in [1.29, 1.82) is 0 Å². The Morgan fingerprint density at radius 1 is 0.435 bits per heavy atom. The van der Waals surface area contributed by atoms with Gasteiger partial charge < -0.3 is 5.11 Å². The summed E-state index contributed by atoms with van der Waals surface area (Å²) in [6.45, 7) is 4.44. The summed E-state index contributed by atoms with van der Waals surface area (Å²) in [6, 6.07) is 0. The summed E-state index contributed by atoms with van der Waals surface area (Å²) in [7, 11) is 0. The van der Waals surface area contributed by atoms with Crippen molar-refractivity contribution in [2.75, 3.05) is 0 Å². The predicted molar refractivity (Wildman–Crippen MR) is 105 cm³/mol. The molecule has 0 amide bonds. The maximum atomic E-state index is 9.66. The Bertz CT molecular complexity index is 202. The predicted octanol–water partition coefficient (Wildman–Crippen LogP) is 7.80. The van der Waals surface area contributed by atoms with Crippen LogP contribution in [0.5, 0.6) is 0 Å². The van der Waals surface area contributed by atoms with E-state index in [0.717, 1.165) is 19.3 Å². The Labute approximate surface area is 147 Å². The number of rotatable bonds is 19. The molecule has 0 rings (SSSR count). The van der Waals surface area contributed by atoms with Crippen LogP contribution in [0.3, 0.4) is 0 Å². The lowest BCUT2D eigenvalue weighted by Crippen LogP contribution is -2.04. The normalized spacial score (nSPS) is 12.7. The van der Waals surface area contributed by atoms with Crippen molar-refractivity contribution in [2.45, 2.75) is 142 Å². The van der Waals surface area contributed by atoms with Gasteiger partial charge in [-0.25, -0.2) is 0 Å². The minimum atomic E-state index is -0.0355. The van der Waals surface area contributed by atoms with Crippen molar-refractivity contribution >= 4 is 0 Å². The molecule has 0 spiro atoms. The van der Waals surface area contributed by atoms with Gasteiger partial charge in [-0.15, -0.1) is 0 Å². The summed E-state index contributed by atoms with van der Waals surface area (Å²) in [5, 5.41) is 9.66. The van der Waals surface area contributed by atoms with Gasteiger partial charge in [-0.3, -0.25) is 0 Å². The highest BCUT2D eigenvalue weighted by Crippen LogP contribution is 2.14. The van der Waals surface area contributed by atoms with E-state index in [9.17, 15) is 5.11 Å². The van der Waals surface area contributed by atoms with Gasteiger partial charge in [0.2, 0.25) is 0 Å². The summed E-state index contributed by atoms with van der Waals surface area (Å²) in [4.78, 5) is 0. The first-order valence-electron chi connectivity index (χ1n) is 11.0. The minimum absolute atomic E-state index is 0.0355. The van der Waals surface area contributed by atoms with Crippen LogP contribution in [0.25, 0.3) is 0 Å². The SMILES string of the molecule is CCCCCCCCCCCCCCCCCCC(O)CCC. The fraction of sp³-hybridized carbons (Fsp3) is 1.00. The lowest BCUT2D eigenvalue weighted by atomic mass is 10.0. The third kappa shape index (κ3) is 19.9. The maximum Gasteiger partial charge on any atom is 0.0540 e. The van der Waals surface area contributed by atoms with Gasteiger partial charge in [-0.05, 0) is 12.8 Å². The van der Waals surface area contributed by atoms with E-state index in [1.165, 1.54) is 103 Å². The molecule has 0 radical (unpaired) electrons. The van der Waals surface area contributed by atoms with E-state index in [2.05, 4.69) is 13.8 Å². The average molecular weight is 327 g/mol. The molecule has 1 nitrogen and oxygen atoms in total. The average Bonchev–Trinajstić information content (AvgIpc) is 2.54. The van der Waals surface area contributed by atoms with Crippen molar-refractivity contribution in [1.82, 2.24) is 0 Å². The first-order valence-corrected chi connectivity index (χ1v) is 11.0. The minimum Gasteiger partial charge on any atom is -0.393 e. The molecule has 0 aromatic heterocycles. The van der Waals surface area contributed by atoms with Crippen molar-refractivity contribution in [2.24, 2.45) is 0 Å². The zero-order valence-corrected chi connectivity index (χ0v) is 16.5. The van der Waals surface area contributed by atoms with Crippen LogP contribution in [0.15, 0.2) is 0 Å². The molecular formula is C22H46O. The summed E-state index contributed by atoms with van der Waals surface area (Å²) in [5.74, 6) is 0. The standard InChI is InChI=1S/C22H46O/c1-3-5-6-7-8-9-10-11-12-13-14-15-16-17-18-19-21-22(23)20-4-2/h22-23H,3-21H2,1-2H3. The maximum absolute atomic E-state index is 9.66. The van der Waals surface area contributed by atoms with Gasteiger partial charge in [0, 0.05) is 0 Å². The van der Waals surface area contributed by atoms with E-state index < -0.39 is 0 Å². The molecular weight excluding hydrogens is 280 g/mol. The highest BCUT2D eigenvalue weighted by atomic mass is 16.3. The Balaban J connectivity index is 3.00. The highest BCUT2D eigenvalue weighted by Gasteiger charge is 2.01. The molecule has 0 aromatic rings. The summed E-state index contributed by atoms with van der Waals surface area (Å²) in [5.41, 5.74) is 0. The van der Waals surface area contributed by atoms with Crippen molar-refractivity contribution in [3.8, 4) is 0 Å². The Hall–Kier alpha value is -0.0400. The van der Waals surface area contributed by atoms with Gasteiger partial charge >= 0.3 is 0 Å². The second-order valence-electron chi connectivity index (χ2n) is 7.53. The van der Waals surface area contributed by atoms with E-state index in [4.69, 9.17) is 0 Å². The van der Waals surface area contributed by atoms with Crippen LogP contribution >= 0.6 is 0 Å². The molecule has 140 valence electrons. The van der Waals surface area contributed by atoms with Crippen molar-refractivity contribution in [3.63, 3.8) is 0 Å². The van der Waals surface area contributed by atoms with Crippen LogP contribution in [-0.4, -0.2) is 11.2 Å². The molecule has 0 aromatic carbocycles. The van der Waals surface area contributed by atoms with Gasteiger partial charge in [-0.1, -0.05) is 123 Å². The van der Waals surface area contributed by atoms with Crippen LogP contribution in [0, 0.1) is 0 Å². The summed E-state index contributed by atoms with van der Waals surface area (Å²) < 4.78 is 0. The Morgan fingerprint density at radius 2 is 0.783 bits per heavy atom. The zero-order valence-electron chi connectivity index (χ0n) is 16.5. The molecule has 0 saturated carbocycles. The number of hydrogen-bond acceptors (Lipinski definition) is 1. The van der Waals surface area contributed by atoms with Crippen molar-refractivity contribution in [3.05, 3.63) is 0 Å². The third-order valence-electron chi connectivity index (χ3n) is 5.01. The first kappa shape index (κ1) is 23.0. The fourth-order valence-corrected chi connectivity index (χ4v) is 3.41. The lowest BCUT2D eigenvalue weighted by Gasteiger charge is -2.08. The monoisotopic (exact) mass is 326 g/mol. The molecule has 0 aliphatic carbocycles. The van der Waals surface area contributed by atoms with E-state index >= 15 is 0 Å². The molecule has 1 heteroatoms. The van der Waals surface area contributed by atoms with Gasteiger partial charge in [0.25, 0.3) is 0 Å². The summed E-state index contributed by atoms with van der Waals surface area (Å²) >= 11 is 0. The number of aliphatic hydroxyl groups is 1. The van der Waals surface area contributed by atoms with Crippen LogP contribution in [0.2, 0.25) is 0 Å². The molecule has 1 N–H and O–H groups in total. The third-order valence-corrected chi connectivity index (χ3v) is 5.01. The number of unbranched alkanes of at least 4 members (excludes halogenated alkanes) is 15. The summed E-state index contributed by atoms with van der Waals surface area (Å²) in [6.07, 6.45) is 25.7. The first-order chi connectivity index (χ1) is 11.3. The van der Waals surface area contributed by atoms with E-state index in [1.54, 1.807) is 0 Å². The topological polar surface area (TPSA) is 20.2 Å². The second-order valence-corrected chi connectivity index (χ2v) is 7.53. The number of hydrogen-bond donors (Lipinski definition) is 1. The van der Waals surface area contributed by atoms with Gasteiger partial charge in [-0.2, -0.15) is 0 Å². The molecule has 0 aliphatic heterocycles. The number of aliphatic hydroxyl groups excluding tert-OH is 1. The molecule has 0 heterocycles. The molecule has 0 saturated heterocycles. The van der Waals surface area contributed by atoms with Crippen LogP contribution < -0.4 is 0 Å². The molecule has 1 atom stereocenters. The zero-order chi connectivity index (χ0) is 17.0. The van der Waals surface area contributed by atoms with Gasteiger partial charge in [0.05, 0.1) is 6.10 Å². The second kappa shape index (κ2) is 20.0. The largest absolute Gasteiger partial charge is 0.393 e. The highest BCUT2D eigenvalue weighted by molar-refractivity contribution is 4.55. The molecule has 1 unspecified atom stereocenters. The quantitative estimate of drug-likeness (QED) is 0.240. The lowest BCUT2D eigenvalue weighted by molar-refractivity contribution is 0.150. The molecule has 0 aliphatic rings. The van der Waals surface area contributed by atoms with Crippen LogP contribution in [-0.2, 0) is 0 Å². The van der Waals surface area contributed by atoms with Crippen molar-refractivity contribution < 1.29 is 5.11 Å². The van der Waals surface area contributed by atoms with Crippen LogP contribution in [0.1, 0.15) is 136 Å². The molecule has 0 fully saturated rings. The smallest absolute Gasteiger partial charge is 0.0540 e. The molecule has 0 bridgehead atoms.